The van der Waals surface area contributed by atoms with Gasteiger partial charge in [0.25, 0.3) is 0 Å². The van der Waals surface area contributed by atoms with E-state index < -0.39 is 0 Å². The standard InChI is InChI=1S/C12H12Cl/c1-2-12(13)11-8-7-9-5-3-4-6-10(9)11/h3-8,12H,2H2,1H3. The van der Waals surface area contributed by atoms with Crippen molar-refractivity contribution in [1.29, 1.82) is 0 Å². The number of benzene rings is 1. The van der Waals surface area contributed by atoms with Gasteiger partial charge >= 0.3 is 0 Å². The molecule has 0 saturated heterocycles. The number of fused-ring (bicyclic) bond motifs is 1. The molecule has 1 heteroatoms. The van der Waals surface area contributed by atoms with E-state index in [1.807, 2.05) is 0 Å². The summed E-state index contributed by atoms with van der Waals surface area (Å²) in [7, 11) is 0. The average Bonchev–Trinajstić information content (AvgIpc) is 2.60. The van der Waals surface area contributed by atoms with Crippen LogP contribution in [-0.4, -0.2) is 5.38 Å². The van der Waals surface area contributed by atoms with Crippen LogP contribution in [0.3, 0.4) is 0 Å². The van der Waals surface area contributed by atoms with Gasteiger partial charge in [-0.05, 0) is 17.5 Å². The van der Waals surface area contributed by atoms with Crippen molar-refractivity contribution in [3.8, 4) is 0 Å². The second kappa shape index (κ2) is 3.55. The molecule has 1 unspecified atom stereocenters. The summed E-state index contributed by atoms with van der Waals surface area (Å²) in [4.78, 5) is 0. The Morgan fingerprint density at radius 2 is 2.00 bits per heavy atom. The molecule has 0 amide bonds. The summed E-state index contributed by atoms with van der Waals surface area (Å²) in [5.74, 6) is 1.26. The molecule has 0 heterocycles. The maximum atomic E-state index is 6.21. The second-order valence-electron chi connectivity index (χ2n) is 3.25. The van der Waals surface area contributed by atoms with Crippen molar-refractivity contribution in [3.05, 3.63) is 47.4 Å². The highest BCUT2D eigenvalue weighted by Crippen LogP contribution is 2.34. The molecular weight excluding hydrogens is 180 g/mol. The van der Waals surface area contributed by atoms with Gasteiger partial charge in [0.1, 0.15) is 0 Å². The Morgan fingerprint density at radius 1 is 1.23 bits per heavy atom. The lowest BCUT2D eigenvalue weighted by Gasteiger charge is -2.14. The maximum absolute atomic E-state index is 6.21. The van der Waals surface area contributed by atoms with Crippen molar-refractivity contribution in [2.24, 2.45) is 0 Å². The van der Waals surface area contributed by atoms with E-state index in [1.54, 1.807) is 0 Å². The predicted octanol–water partition coefficient (Wildman–Crippen LogP) is 3.65. The molecule has 1 aromatic rings. The number of alkyl halides is 1. The van der Waals surface area contributed by atoms with Crippen molar-refractivity contribution < 1.29 is 0 Å². The summed E-state index contributed by atoms with van der Waals surface area (Å²) in [6, 6.07) is 8.38. The average molecular weight is 192 g/mol. The largest absolute Gasteiger partial charge is 0.122 e. The molecule has 1 aromatic carbocycles. The highest BCUT2D eigenvalue weighted by Gasteiger charge is 2.23. The van der Waals surface area contributed by atoms with E-state index in [-0.39, 0.29) is 5.38 Å². The van der Waals surface area contributed by atoms with E-state index in [4.69, 9.17) is 11.6 Å². The van der Waals surface area contributed by atoms with Gasteiger partial charge in [0.2, 0.25) is 0 Å². The number of halogens is 1. The maximum Gasteiger partial charge on any atom is 0.0477 e. The molecule has 1 radical (unpaired) electrons. The fraction of sp³-hybridized carbons (Fsp3) is 0.250. The van der Waals surface area contributed by atoms with Gasteiger partial charge in [0.15, 0.2) is 0 Å². The number of hydrogen-bond acceptors (Lipinski definition) is 0. The summed E-state index contributed by atoms with van der Waals surface area (Å²) in [5, 5.41) is 0.153. The fourth-order valence-electron chi connectivity index (χ4n) is 1.67. The topological polar surface area (TPSA) is 0 Å². The summed E-state index contributed by atoms with van der Waals surface area (Å²) in [6.45, 7) is 2.11. The Kier molecular flexibility index (Phi) is 2.41. The molecule has 1 aliphatic rings. The highest BCUT2D eigenvalue weighted by molar-refractivity contribution is 6.22. The number of hydrogen-bond donors (Lipinski definition) is 0. The van der Waals surface area contributed by atoms with Crippen LogP contribution in [0.5, 0.6) is 0 Å². The van der Waals surface area contributed by atoms with Crippen LogP contribution in [0, 0.1) is 5.92 Å². The summed E-state index contributed by atoms with van der Waals surface area (Å²) in [6.07, 6.45) is 5.25. The third-order valence-corrected chi connectivity index (χ3v) is 2.95. The summed E-state index contributed by atoms with van der Waals surface area (Å²) < 4.78 is 0. The lowest BCUT2D eigenvalue weighted by molar-refractivity contribution is 0.876. The van der Waals surface area contributed by atoms with E-state index in [1.165, 1.54) is 17.0 Å². The van der Waals surface area contributed by atoms with Gasteiger partial charge in [-0.25, -0.2) is 0 Å². The molecule has 0 bridgehead atoms. The Morgan fingerprint density at radius 3 is 2.77 bits per heavy atom. The SMILES string of the molecule is CCC(Cl)[C]1C=Cc2ccccc21. The molecule has 0 aromatic heterocycles. The van der Waals surface area contributed by atoms with Gasteiger partial charge in [-0.2, -0.15) is 0 Å². The minimum atomic E-state index is 0.153. The third-order valence-electron chi connectivity index (χ3n) is 2.41. The molecule has 0 saturated carbocycles. The van der Waals surface area contributed by atoms with E-state index in [9.17, 15) is 0 Å². The molecule has 67 valence electrons. The highest BCUT2D eigenvalue weighted by atomic mass is 35.5. The molecule has 0 nitrogen and oxygen atoms in total. The third kappa shape index (κ3) is 1.51. The molecule has 2 rings (SSSR count). The Labute approximate surface area is 84.2 Å². The van der Waals surface area contributed by atoms with Crippen molar-refractivity contribution in [1.82, 2.24) is 0 Å². The monoisotopic (exact) mass is 191 g/mol. The molecular formula is C12H12Cl. The molecule has 1 aliphatic carbocycles. The first-order valence-electron chi connectivity index (χ1n) is 4.61. The summed E-state index contributed by atoms with van der Waals surface area (Å²) >= 11 is 6.21. The molecule has 0 N–H and O–H groups in total. The molecule has 0 aliphatic heterocycles. The Balaban J connectivity index is 2.33. The van der Waals surface area contributed by atoms with Crippen LogP contribution in [0.25, 0.3) is 6.08 Å². The summed E-state index contributed by atoms with van der Waals surface area (Å²) in [5.41, 5.74) is 2.58. The van der Waals surface area contributed by atoms with E-state index >= 15 is 0 Å². The van der Waals surface area contributed by atoms with E-state index in [2.05, 4.69) is 43.3 Å². The first-order chi connectivity index (χ1) is 6.33. The van der Waals surface area contributed by atoms with Crippen molar-refractivity contribution in [2.45, 2.75) is 18.7 Å². The zero-order valence-corrected chi connectivity index (χ0v) is 8.38. The van der Waals surface area contributed by atoms with Crippen molar-refractivity contribution in [3.63, 3.8) is 0 Å². The first-order valence-corrected chi connectivity index (χ1v) is 5.05. The quantitative estimate of drug-likeness (QED) is 0.626. The Hall–Kier alpha value is -0.750. The van der Waals surface area contributed by atoms with Crippen LogP contribution in [-0.2, 0) is 0 Å². The van der Waals surface area contributed by atoms with Crippen molar-refractivity contribution in [2.75, 3.05) is 0 Å². The van der Waals surface area contributed by atoms with Crippen LogP contribution < -0.4 is 0 Å². The lowest BCUT2D eigenvalue weighted by atomic mass is 9.96. The normalized spacial score (nSPS) is 17.4. The van der Waals surface area contributed by atoms with Gasteiger partial charge in [-0.15, -0.1) is 11.6 Å². The minimum Gasteiger partial charge on any atom is -0.122 e. The van der Waals surface area contributed by atoms with Gasteiger partial charge in [0, 0.05) is 11.3 Å². The smallest absolute Gasteiger partial charge is 0.0477 e. The molecule has 0 fully saturated rings. The number of allylic oxidation sites excluding steroid dienone is 1. The van der Waals surface area contributed by atoms with Crippen LogP contribution in [0.15, 0.2) is 30.3 Å². The van der Waals surface area contributed by atoms with Gasteiger partial charge in [0.05, 0.1) is 0 Å². The minimum absolute atomic E-state index is 0.153. The van der Waals surface area contributed by atoms with Crippen LogP contribution >= 0.6 is 11.6 Å². The molecule has 13 heavy (non-hydrogen) atoms. The zero-order chi connectivity index (χ0) is 9.26. The van der Waals surface area contributed by atoms with Crippen LogP contribution in [0.2, 0.25) is 0 Å². The van der Waals surface area contributed by atoms with E-state index in [0.29, 0.717) is 0 Å². The Bertz CT molecular complexity index is 328. The van der Waals surface area contributed by atoms with Gasteiger partial charge in [-0.3, -0.25) is 0 Å². The van der Waals surface area contributed by atoms with Gasteiger partial charge in [-0.1, -0.05) is 43.3 Å². The first kappa shape index (κ1) is 8.83. The van der Waals surface area contributed by atoms with E-state index in [0.717, 1.165) is 6.42 Å². The van der Waals surface area contributed by atoms with Crippen LogP contribution in [0.1, 0.15) is 24.5 Å². The van der Waals surface area contributed by atoms with Gasteiger partial charge < -0.3 is 0 Å². The molecule has 1 atom stereocenters. The predicted molar refractivity (Wildman–Crippen MR) is 57.8 cm³/mol. The van der Waals surface area contributed by atoms with Crippen LogP contribution in [0.4, 0.5) is 0 Å². The zero-order valence-electron chi connectivity index (χ0n) is 7.63. The molecule has 0 spiro atoms. The lowest BCUT2D eigenvalue weighted by Crippen LogP contribution is -2.08. The second-order valence-corrected chi connectivity index (χ2v) is 3.78. The fourth-order valence-corrected chi connectivity index (χ4v) is 1.86. The number of rotatable bonds is 2. The van der Waals surface area contributed by atoms with Crippen molar-refractivity contribution >= 4 is 17.7 Å².